The summed E-state index contributed by atoms with van der Waals surface area (Å²) in [6.45, 7) is 6.00. The number of amides is 1. The molecule has 1 fully saturated rings. The number of carboxylic acids is 1. The molecule has 0 aliphatic heterocycles. The summed E-state index contributed by atoms with van der Waals surface area (Å²) >= 11 is 0. The third kappa shape index (κ3) is 3.40. The fourth-order valence-electron chi connectivity index (χ4n) is 3.28. The first-order valence-corrected chi connectivity index (χ1v) is 7.52. The maximum Gasteiger partial charge on any atom is 0.407 e. The summed E-state index contributed by atoms with van der Waals surface area (Å²) in [5.41, 5.74) is 0.609. The molecule has 0 radical (unpaired) electrons. The van der Waals surface area contributed by atoms with Crippen LogP contribution in [0, 0.1) is 17.3 Å². The Hall–Kier alpha value is -2.04. The SMILES string of the molecule is CC(NC(=O)OCc1ccccc1)[C@@H]1C[C@H](C(=O)O)C1(C)C. The van der Waals surface area contributed by atoms with E-state index in [-0.39, 0.29) is 29.9 Å². The Morgan fingerprint density at radius 2 is 2.00 bits per heavy atom. The predicted octanol–water partition coefficient (Wildman–Crippen LogP) is 3.05. The molecule has 1 saturated carbocycles. The second kappa shape index (κ2) is 6.38. The van der Waals surface area contributed by atoms with Crippen molar-refractivity contribution in [3.8, 4) is 0 Å². The van der Waals surface area contributed by atoms with Crippen molar-refractivity contribution < 1.29 is 19.4 Å². The zero-order valence-electron chi connectivity index (χ0n) is 13.2. The number of carboxylic acid groups (broad SMARTS) is 1. The Morgan fingerprint density at radius 3 is 2.55 bits per heavy atom. The number of carbonyl (C=O) groups excluding carboxylic acids is 1. The number of aliphatic carboxylic acids is 1. The molecule has 22 heavy (non-hydrogen) atoms. The van der Waals surface area contributed by atoms with Crippen LogP contribution in [0.1, 0.15) is 32.8 Å². The average molecular weight is 305 g/mol. The molecule has 1 aromatic rings. The second-order valence-corrected chi connectivity index (χ2v) is 6.55. The van der Waals surface area contributed by atoms with E-state index in [0.717, 1.165) is 5.56 Å². The molecule has 0 bridgehead atoms. The van der Waals surface area contributed by atoms with Gasteiger partial charge in [0.2, 0.25) is 0 Å². The van der Waals surface area contributed by atoms with E-state index >= 15 is 0 Å². The van der Waals surface area contributed by atoms with Gasteiger partial charge in [0.05, 0.1) is 5.92 Å². The predicted molar refractivity (Wildman–Crippen MR) is 82.2 cm³/mol. The lowest BCUT2D eigenvalue weighted by Gasteiger charge is -2.52. The highest BCUT2D eigenvalue weighted by atomic mass is 16.5. The number of hydrogen-bond acceptors (Lipinski definition) is 3. The summed E-state index contributed by atoms with van der Waals surface area (Å²) < 4.78 is 5.19. The van der Waals surface area contributed by atoms with E-state index in [9.17, 15) is 9.59 Å². The first kappa shape index (κ1) is 16.3. The van der Waals surface area contributed by atoms with Gasteiger partial charge in [0.25, 0.3) is 0 Å². The van der Waals surface area contributed by atoms with Crippen molar-refractivity contribution in [1.29, 1.82) is 0 Å². The molecular formula is C17H23NO4. The van der Waals surface area contributed by atoms with Crippen LogP contribution in [0.3, 0.4) is 0 Å². The van der Waals surface area contributed by atoms with Crippen LogP contribution in [0.15, 0.2) is 30.3 Å². The highest BCUT2D eigenvalue weighted by Crippen LogP contribution is 2.52. The van der Waals surface area contributed by atoms with Gasteiger partial charge in [0, 0.05) is 6.04 Å². The van der Waals surface area contributed by atoms with Gasteiger partial charge in [-0.05, 0) is 30.2 Å². The van der Waals surface area contributed by atoms with Crippen LogP contribution in [0.25, 0.3) is 0 Å². The molecule has 3 atom stereocenters. The number of carbonyl (C=O) groups is 2. The standard InChI is InChI=1S/C17H23NO4/c1-11(13-9-14(15(19)20)17(13,2)3)18-16(21)22-10-12-7-5-4-6-8-12/h4-8,11,13-14H,9-10H2,1-3H3,(H,18,21)(H,19,20)/t11?,13-,14+/m0/s1. The van der Waals surface area contributed by atoms with Crippen LogP contribution in [-0.4, -0.2) is 23.2 Å². The van der Waals surface area contributed by atoms with E-state index in [1.165, 1.54) is 0 Å². The minimum Gasteiger partial charge on any atom is -0.481 e. The lowest BCUT2D eigenvalue weighted by Crippen LogP contribution is -2.56. The molecule has 1 aromatic carbocycles. The molecule has 0 aromatic heterocycles. The minimum absolute atomic E-state index is 0.117. The Balaban J connectivity index is 1.81. The van der Waals surface area contributed by atoms with Crippen molar-refractivity contribution in [3.63, 3.8) is 0 Å². The molecule has 2 N–H and O–H groups in total. The van der Waals surface area contributed by atoms with Crippen LogP contribution in [0.4, 0.5) is 4.79 Å². The van der Waals surface area contributed by atoms with Crippen molar-refractivity contribution in [2.75, 3.05) is 0 Å². The Labute approximate surface area is 130 Å². The number of benzene rings is 1. The number of alkyl carbamates (subject to hydrolysis) is 1. The Kier molecular flexibility index (Phi) is 4.74. The highest BCUT2D eigenvalue weighted by Gasteiger charge is 2.54. The van der Waals surface area contributed by atoms with Gasteiger partial charge in [-0.3, -0.25) is 4.79 Å². The molecule has 5 nitrogen and oxygen atoms in total. The first-order valence-electron chi connectivity index (χ1n) is 7.52. The zero-order chi connectivity index (χ0) is 16.3. The maximum absolute atomic E-state index is 11.8. The summed E-state index contributed by atoms with van der Waals surface area (Å²) in [6.07, 6.45) is 0.119. The summed E-state index contributed by atoms with van der Waals surface area (Å²) in [5, 5.41) is 12.0. The van der Waals surface area contributed by atoms with Gasteiger partial charge in [0.1, 0.15) is 6.61 Å². The molecule has 0 spiro atoms. The number of hydrogen-bond donors (Lipinski definition) is 2. The van der Waals surface area contributed by atoms with Gasteiger partial charge >= 0.3 is 12.1 Å². The molecule has 0 saturated heterocycles. The van der Waals surface area contributed by atoms with Gasteiger partial charge in [-0.25, -0.2) is 4.79 Å². The van der Waals surface area contributed by atoms with Crippen molar-refractivity contribution in [1.82, 2.24) is 5.32 Å². The van der Waals surface area contributed by atoms with E-state index in [1.807, 2.05) is 51.1 Å². The van der Waals surface area contributed by atoms with Crippen LogP contribution < -0.4 is 5.32 Å². The van der Waals surface area contributed by atoms with E-state index in [1.54, 1.807) is 0 Å². The van der Waals surface area contributed by atoms with Crippen molar-refractivity contribution in [2.45, 2.75) is 39.8 Å². The Bertz CT molecular complexity index is 541. The van der Waals surface area contributed by atoms with E-state index in [4.69, 9.17) is 9.84 Å². The summed E-state index contributed by atoms with van der Waals surface area (Å²) in [6, 6.07) is 9.36. The molecule has 0 heterocycles. The lowest BCUT2D eigenvalue weighted by molar-refractivity contribution is -0.160. The van der Waals surface area contributed by atoms with Gasteiger partial charge in [-0.2, -0.15) is 0 Å². The molecule has 2 rings (SSSR count). The average Bonchev–Trinajstić information content (AvgIpc) is 2.44. The molecular weight excluding hydrogens is 282 g/mol. The fraction of sp³-hybridized carbons (Fsp3) is 0.529. The van der Waals surface area contributed by atoms with Gasteiger partial charge in [0.15, 0.2) is 0 Å². The number of nitrogens with one attached hydrogen (secondary N) is 1. The van der Waals surface area contributed by atoms with Crippen molar-refractivity contribution in [3.05, 3.63) is 35.9 Å². The van der Waals surface area contributed by atoms with Crippen LogP contribution in [0.2, 0.25) is 0 Å². The van der Waals surface area contributed by atoms with Gasteiger partial charge in [-0.15, -0.1) is 0 Å². The minimum atomic E-state index is -0.764. The first-order chi connectivity index (χ1) is 10.3. The second-order valence-electron chi connectivity index (χ2n) is 6.55. The topological polar surface area (TPSA) is 75.6 Å². The molecule has 5 heteroatoms. The smallest absolute Gasteiger partial charge is 0.407 e. The summed E-state index contributed by atoms with van der Waals surface area (Å²) in [4.78, 5) is 23.0. The number of ether oxygens (including phenoxy) is 1. The van der Waals surface area contributed by atoms with Gasteiger partial charge in [-0.1, -0.05) is 44.2 Å². The molecule has 1 aliphatic carbocycles. The fourth-order valence-corrected chi connectivity index (χ4v) is 3.28. The van der Waals surface area contributed by atoms with E-state index in [2.05, 4.69) is 5.32 Å². The Morgan fingerprint density at radius 1 is 1.36 bits per heavy atom. The maximum atomic E-state index is 11.8. The quantitative estimate of drug-likeness (QED) is 0.876. The monoisotopic (exact) mass is 305 g/mol. The van der Waals surface area contributed by atoms with E-state index < -0.39 is 12.1 Å². The van der Waals surface area contributed by atoms with Crippen LogP contribution in [0.5, 0.6) is 0 Å². The summed E-state index contributed by atoms with van der Waals surface area (Å²) in [5.74, 6) is -0.972. The molecule has 1 unspecified atom stereocenters. The largest absolute Gasteiger partial charge is 0.481 e. The molecule has 1 aliphatic rings. The van der Waals surface area contributed by atoms with Crippen LogP contribution in [-0.2, 0) is 16.1 Å². The highest BCUT2D eigenvalue weighted by molar-refractivity contribution is 5.73. The lowest BCUT2D eigenvalue weighted by atomic mass is 9.53. The molecule has 1 amide bonds. The third-order valence-electron chi connectivity index (χ3n) is 4.80. The summed E-state index contributed by atoms with van der Waals surface area (Å²) in [7, 11) is 0. The molecule has 120 valence electrons. The normalized spacial score (nSPS) is 24.0. The third-order valence-corrected chi connectivity index (χ3v) is 4.80. The van der Waals surface area contributed by atoms with Crippen LogP contribution >= 0.6 is 0 Å². The van der Waals surface area contributed by atoms with Crippen molar-refractivity contribution >= 4 is 12.1 Å². The van der Waals surface area contributed by atoms with Crippen molar-refractivity contribution in [2.24, 2.45) is 17.3 Å². The van der Waals surface area contributed by atoms with E-state index in [0.29, 0.717) is 6.42 Å². The number of rotatable bonds is 5. The van der Waals surface area contributed by atoms with Gasteiger partial charge < -0.3 is 15.2 Å². The zero-order valence-corrected chi connectivity index (χ0v) is 13.2.